The smallest absolute Gasteiger partial charge is 0.210 e. The minimum Gasteiger partial charge on any atom is -0.344 e. The molecule has 14 heavy (non-hydrogen) atoms. The van der Waals surface area contributed by atoms with Crippen molar-refractivity contribution in [2.45, 2.75) is 39.0 Å². The topological polar surface area (TPSA) is 89.3 Å². The predicted octanol–water partition coefficient (Wildman–Crippen LogP) is 1.72. The van der Waals surface area contributed by atoms with E-state index in [0.29, 0.717) is 0 Å². The lowest BCUT2D eigenvalue weighted by Crippen LogP contribution is -1.97. The molecule has 0 aliphatic heterocycles. The second kappa shape index (κ2) is 11.2. The molecule has 0 aromatic carbocycles. The van der Waals surface area contributed by atoms with Crippen LogP contribution in [0.3, 0.4) is 0 Å². The average Bonchev–Trinajstić information content (AvgIpc) is 2.13. The molecule has 88 valence electrons. The summed E-state index contributed by atoms with van der Waals surface area (Å²) in [5, 5.41) is 0. The van der Waals surface area contributed by atoms with E-state index >= 15 is 0 Å². The molecule has 0 aromatic rings. The monoisotopic (exact) mass is 224 g/mol. The van der Waals surface area contributed by atoms with Crippen LogP contribution in [-0.2, 0) is 4.57 Å². The predicted molar refractivity (Wildman–Crippen MR) is 62.6 cm³/mol. The highest BCUT2D eigenvalue weighted by atomic mass is 31.2. The summed E-state index contributed by atoms with van der Waals surface area (Å²) >= 11 is 0. The van der Waals surface area contributed by atoms with Crippen molar-refractivity contribution in [3.8, 4) is 0 Å². The first-order valence-electron chi connectivity index (χ1n) is 5.17. The van der Waals surface area contributed by atoms with Gasteiger partial charge >= 0.3 is 0 Å². The van der Waals surface area contributed by atoms with Gasteiger partial charge < -0.3 is 16.4 Å². The first-order chi connectivity index (χ1) is 6.47. The van der Waals surface area contributed by atoms with Gasteiger partial charge in [0.15, 0.2) is 0 Å². The Labute approximate surface area is 87.5 Å². The van der Waals surface area contributed by atoms with Crippen molar-refractivity contribution in [1.82, 2.24) is 0 Å². The van der Waals surface area contributed by atoms with E-state index in [1.54, 1.807) is 0 Å². The Morgan fingerprint density at radius 1 is 1.14 bits per heavy atom. The maximum Gasteiger partial charge on any atom is 0.210 e. The second-order valence-corrected chi connectivity index (χ2v) is 5.90. The fraction of sp³-hybridized carbons (Fsp3) is 1.00. The SMILES string of the molecule is CCCCCCCN.CP(=O)(O)CN. The maximum atomic E-state index is 10.0. The summed E-state index contributed by atoms with van der Waals surface area (Å²) in [5.74, 6) is 0. The number of rotatable bonds is 6. The number of nitrogens with two attached hydrogens (primary N) is 2. The summed E-state index contributed by atoms with van der Waals surface area (Å²) in [6.07, 6.45) is 6.48. The Hall–Kier alpha value is 0.110. The van der Waals surface area contributed by atoms with Gasteiger partial charge in [-0.1, -0.05) is 32.6 Å². The molecule has 0 amide bonds. The van der Waals surface area contributed by atoms with Crippen molar-refractivity contribution >= 4 is 7.37 Å². The number of unbranched alkanes of at least 4 members (excludes halogenated alkanes) is 4. The zero-order chi connectivity index (χ0) is 11.4. The van der Waals surface area contributed by atoms with E-state index in [9.17, 15) is 4.57 Å². The number of hydrogen-bond donors (Lipinski definition) is 3. The lowest BCUT2D eigenvalue weighted by molar-refractivity contribution is 0.485. The third-order valence-electron chi connectivity index (χ3n) is 1.65. The molecule has 0 fully saturated rings. The van der Waals surface area contributed by atoms with Crippen LogP contribution in [0.15, 0.2) is 0 Å². The molecule has 0 radical (unpaired) electrons. The highest BCUT2D eigenvalue weighted by Gasteiger charge is 2.01. The molecule has 0 saturated carbocycles. The molecule has 0 spiro atoms. The third-order valence-corrected chi connectivity index (χ3v) is 2.32. The summed E-state index contributed by atoms with van der Waals surface area (Å²) in [7, 11) is -2.87. The zero-order valence-electron chi connectivity index (χ0n) is 9.41. The maximum absolute atomic E-state index is 10.0. The minimum atomic E-state index is -2.87. The second-order valence-electron chi connectivity index (χ2n) is 3.44. The molecule has 5 heteroatoms. The van der Waals surface area contributed by atoms with E-state index in [0.717, 1.165) is 6.54 Å². The van der Waals surface area contributed by atoms with Crippen molar-refractivity contribution in [2.75, 3.05) is 19.5 Å². The molecule has 0 heterocycles. The molecule has 0 aliphatic rings. The lowest BCUT2D eigenvalue weighted by Gasteiger charge is -1.94. The molecule has 4 nitrogen and oxygen atoms in total. The van der Waals surface area contributed by atoms with Crippen molar-refractivity contribution in [2.24, 2.45) is 11.5 Å². The summed E-state index contributed by atoms with van der Waals surface area (Å²) in [6.45, 7) is 4.32. The lowest BCUT2D eigenvalue weighted by atomic mass is 10.2. The van der Waals surface area contributed by atoms with Gasteiger partial charge in [0.2, 0.25) is 7.37 Å². The Balaban J connectivity index is 0. The Bertz CT molecular complexity index is 142. The van der Waals surface area contributed by atoms with Crippen molar-refractivity contribution in [1.29, 1.82) is 0 Å². The quantitative estimate of drug-likeness (QED) is 0.473. The average molecular weight is 224 g/mol. The molecule has 5 N–H and O–H groups in total. The van der Waals surface area contributed by atoms with Gasteiger partial charge in [0, 0.05) is 6.66 Å². The molecule has 0 aromatic heterocycles. The largest absolute Gasteiger partial charge is 0.344 e. The summed E-state index contributed by atoms with van der Waals surface area (Å²) in [5.41, 5.74) is 10.1. The molecule has 0 aliphatic carbocycles. The number of hydrogen-bond acceptors (Lipinski definition) is 3. The molecule has 1 atom stereocenters. The molecule has 1 unspecified atom stereocenters. The third kappa shape index (κ3) is 22.7. The van der Waals surface area contributed by atoms with Crippen molar-refractivity contribution < 1.29 is 9.46 Å². The van der Waals surface area contributed by atoms with E-state index in [1.165, 1.54) is 38.8 Å². The van der Waals surface area contributed by atoms with Crippen LogP contribution in [-0.4, -0.2) is 24.4 Å². The summed E-state index contributed by atoms with van der Waals surface area (Å²) in [6, 6.07) is 0. The fourth-order valence-corrected chi connectivity index (χ4v) is 0.748. The Kier molecular flexibility index (Phi) is 13.2. The van der Waals surface area contributed by atoms with Gasteiger partial charge in [0.1, 0.15) is 0 Å². The van der Waals surface area contributed by atoms with E-state index in [-0.39, 0.29) is 6.29 Å². The van der Waals surface area contributed by atoms with Gasteiger partial charge in [-0.2, -0.15) is 0 Å². The van der Waals surface area contributed by atoms with Crippen LogP contribution in [0.1, 0.15) is 39.0 Å². The minimum absolute atomic E-state index is 0.118. The first kappa shape index (κ1) is 16.5. The summed E-state index contributed by atoms with van der Waals surface area (Å²) < 4.78 is 10.0. The van der Waals surface area contributed by atoms with E-state index in [1.807, 2.05) is 0 Å². The van der Waals surface area contributed by atoms with Gasteiger partial charge in [0.25, 0.3) is 0 Å². The molecular formula is C9H25N2O2P. The van der Waals surface area contributed by atoms with Crippen LogP contribution >= 0.6 is 7.37 Å². The van der Waals surface area contributed by atoms with Gasteiger partial charge in [-0.15, -0.1) is 0 Å². The Morgan fingerprint density at radius 3 is 1.86 bits per heavy atom. The van der Waals surface area contributed by atoms with Crippen LogP contribution in [0.5, 0.6) is 0 Å². The van der Waals surface area contributed by atoms with E-state index in [2.05, 4.69) is 6.92 Å². The van der Waals surface area contributed by atoms with Gasteiger partial charge in [-0.05, 0) is 13.0 Å². The normalized spacial score (nSPS) is 14.1. The highest BCUT2D eigenvalue weighted by Crippen LogP contribution is 2.31. The zero-order valence-corrected chi connectivity index (χ0v) is 10.3. The van der Waals surface area contributed by atoms with Crippen molar-refractivity contribution in [3.05, 3.63) is 0 Å². The van der Waals surface area contributed by atoms with Gasteiger partial charge in [-0.25, -0.2) is 0 Å². The van der Waals surface area contributed by atoms with Crippen molar-refractivity contribution in [3.63, 3.8) is 0 Å². The standard InChI is InChI=1S/C7H17N.C2H8NO2P/c1-2-3-4-5-6-7-8;1-6(4,5)2-3/h2-8H2,1H3;2-3H2,1H3,(H,4,5). The highest BCUT2D eigenvalue weighted by molar-refractivity contribution is 7.57. The van der Waals surface area contributed by atoms with Crippen LogP contribution in [0.25, 0.3) is 0 Å². The van der Waals surface area contributed by atoms with Gasteiger partial charge in [-0.3, -0.25) is 4.57 Å². The van der Waals surface area contributed by atoms with E-state index < -0.39 is 7.37 Å². The van der Waals surface area contributed by atoms with Crippen LogP contribution in [0.4, 0.5) is 0 Å². The Morgan fingerprint density at radius 2 is 1.57 bits per heavy atom. The summed E-state index contributed by atoms with van der Waals surface area (Å²) in [4.78, 5) is 8.26. The molecule has 0 rings (SSSR count). The van der Waals surface area contributed by atoms with Crippen LogP contribution in [0.2, 0.25) is 0 Å². The molecule has 0 bridgehead atoms. The fourth-order valence-electron chi connectivity index (χ4n) is 0.748. The van der Waals surface area contributed by atoms with Gasteiger partial charge in [0.05, 0.1) is 6.29 Å². The molecular weight excluding hydrogens is 199 g/mol. The molecule has 0 saturated heterocycles. The van der Waals surface area contributed by atoms with E-state index in [4.69, 9.17) is 16.4 Å². The van der Waals surface area contributed by atoms with Crippen LogP contribution < -0.4 is 11.5 Å². The van der Waals surface area contributed by atoms with Crippen LogP contribution in [0, 0.1) is 0 Å². The first-order valence-corrected chi connectivity index (χ1v) is 7.46.